The Morgan fingerprint density at radius 3 is 2.53 bits per heavy atom. The van der Waals surface area contributed by atoms with Gasteiger partial charge in [0.1, 0.15) is 0 Å². The Morgan fingerprint density at radius 1 is 1.16 bits per heavy atom. The Balaban J connectivity index is 1.75. The van der Waals surface area contributed by atoms with Crippen LogP contribution in [0.1, 0.15) is 38.2 Å². The van der Waals surface area contributed by atoms with Gasteiger partial charge in [-0.1, -0.05) is 43.2 Å². The molecule has 3 atom stereocenters. The van der Waals surface area contributed by atoms with Crippen LogP contribution in [0.3, 0.4) is 0 Å². The van der Waals surface area contributed by atoms with Gasteiger partial charge in [0.25, 0.3) is 0 Å². The van der Waals surface area contributed by atoms with E-state index in [-0.39, 0.29) is 0 Å². The molecule has 2 N–H and O–H groups in total. The summed E-state index contributed by atoms with van der Waals surface area (Å²) in [7, 11) is 0. The maximum absolute atomic E-state index is 9.43. The molecule has 1 saturated carbocycles. The summed E-state index contributed by atoms with van der Waals surface area (Å²) in [5, 5.41) is 13.1. The molecule has 1 aliphatic rings. The van der Waals surface area contributed by atoms with Crippen molar-refractivity contribution in [3.05, 3.63) is 35.9 Å². The predicted molar refractivity (Wildman–Crippen MR) is 80.1 cm³/mol. The van der Waals surface area contributed by atoms with Gasteiger partial charge < -0.3 is 10.4 Å². The zero-order chi connectivity index (χ0) is 13.5. The average Bonchev–Trinajstić information content (AvgIpc) is 2.46. The van der Waals surface area contributed by atoms with E-state index in [1.165, 1.54) is 31.2 Å². The van der Waals surface area contributed by atoms with E-state index >= 15 is 0 Å². The van der Waals surface area contributed by atoms with Crippen molar-refractivity contribution in [3.63, 3.8) is 0 Å². The normalized spacial score (nSPS) is 25.2. The highest BCUT2D eigenvalue weighted by Gasteiger charge is 2.24. The van der Waals surface area contributed by atoms with E-state index in [9.17, 15) is 5.11 Å². The Labute approximate surface area is 117 Å². The molecule has 1 aliphatic carbocycles. The predicted octanol–water partition coefficient (Wildman–Crippen LogP) is 3.01. The molecule has 2 rings (SSSR count). The van der Waals surface area contributed by atoms with Gasteiger partial charge in [0.2, 0.25) is 0 Å². The van der Waals surface area contributed by atoms with Crippen molar-refractivity contribution in [2.75, 3.05) is 13.2 Å². The maximum atomic E-state index is 9.43. The topological polar surface area (TPSA) is 32.3 Å². The first-order chi connectivity index (χ1) is 9.29. The van der Waals surface area contributed by atoms with Gasteiger partial charge in [-0.15, -0.1) is 0 Å². The zero-order valence-corrected chi connectivity index (χ0v) is 12.0. The van der Waals surface area contributed by atoms with E-state index in [0.29, 0.717) is 24.5 Å². The van der Waals surface area contributed by atoms with Crippen LogP contribution in [0, 0.1) is 11.8 Å². The largest absolute Gasteiger partial charge is 0.396 e. The van der Waals surface area contributed by atoms with Crippen LogP contribution in [0.4, 0.5) is 0 Å². The lowest BCUT2D eigenvalue weighted by Gasteiger charge is -2.31. The average molecular weight is 261 g/mol. The number of rotatable bonds is 6. The van der Waals surface area contributed by atoms with Crippen LogP contribution < -0.4 is 5.32 Å². The van der Waals surface area contributed by atoms with Gasteiger partial charge in [0, 0.05) is 12.6 Å². The molecule has 2 heteroatoms. The third kappa shape index (κ3) is 4.63. The molecule has 3 unspecified atom stereocenters. The second-order valence-electron chi connectivity index (χ2n) is 5.99. The van der Waals surface area contributed by atoms with Gasteiger partial charge in [-0.3, -0.25) is 0 Å². The molecule has 0 aliphatic heterocycles. The van der Waals surface area contributed by atoms with E-state index < -0.39 is 0 Å². The van der Waals surface area contributed by atoms with E-state index in [0.717, 1.165) is 13.0 Å². The molecule has 106 valence electrons. The van der Waals surface area contributed by atoms with Crippen LogP contribution in [0.5, 0.6) is 0 Å². The summed E-state index contributed by atoms with van der Waals surface area (Å²) in [4.78, 5) is 0. The Bertz CT molecular complexity index is 352. The fourth-order valence-electron chi connectivity index (χ4n) is 3.19. The lowest BCUT2D eigenvalue weighted by molar-refractivity contribution is 0.131. The van der Waals surface area contributed by atoms with E-state index in [1.54, 1.807) is 0 Å². The summed E-state index contributed by atoms with van der Waals surface area (Å²) in [5.74, 6) is 1.18. The zero-order valence-electron chi connectivity index (χ0n) is 12.0. The summed E-state index contributed by atoms with van der Waals surface area (Å²) in [6.45, 7) is 3.67. The van der Waals surface area contributed by atoms with E-state index in [1.807, 2.05) is 0 Å². The fourth-order valence-corrected chi connectivity index (χ4v) is 3.19. The highest BCUT2D eigenvalue weighted by Crippen LogP contribution is 2.29. The summed E-state index contributed by atoms with van der Waals surface area (Å²) in [5.41, 5.74) is 1.39. The van der Waals surface area contributed by atoms with Crippen LogP contribution in [0.25, 0.3) is 0 Å². The number of aliphatic hydroxyl groups excluding tert-OH is 1. The van der Waals surface area contributed by atoms with Crippen LogP contribution in [-0.4, -0.2) is 24.3 Å². The lowest BCUT2D eigenvalue weighted by atomic mass is 9.79. The molecule has 0 aromatic heterocycles. The number of hydrogen-bond donors (Lipinski definition) is 2. The molecule has 2 nitrogen and oxygen atoms in total. The van der Waals surface area contributed by atoms with E-state index in [2.05, 4.69) is 42.6 Å². The van der Waals surface area contributed by atoms with Crippen molar-refractivity contribution in [2.24, 2.45) is 11.8 Å². The molecule has 19 heavy (non-hydrogen) atoms. The first-order valence-corrected chi connectivity index (χ1v) is 7.67. The number of benzene rings is 1. The molecule has 1 aromatic carbocycles. The highest BCUT2D eigenvalue weighted by atomic mass is 16.3. The molecule has 1 fully saturated rings. The van der Waals surface area contributed by atoms with Gasteiger partial charge in [0.15, 0.2) is 0 Å². The highest BCUT2D eigenvalue weighted by molar-refractivity contribution is 5.15. The standard InChI is InChI=1S/C17H27NO/c1-14(11-15-7-3-2-4-8-15)18-12-16-9-5-6-10-17(16)13-19/h2-4,7-8,14,16-19H,5-6,9-13H2,1H3. The van der Waals surface area contributed by atoms with Crippen molar-refractivity contribution in [3.8, 4) is 0 Å². The van der Waals surface area contributed by atoms with E-state index in [4.69, 9.17) is 0 Å². The minimum atomic E-state index is 0.361. The minimum Gasteiger partial charge on any atom is -0.396 e. The first-order valence-electron chi connectivity index (χ1n) is 7.67. The van der Waals surface area contributed by atoms with Crippen molar-refractivity contribution >= 4 is 0 Å². The van der Waals surface area contributed by atoms with Gasteiger partial charge in [-0.25, -0.2) is 0 Å². The monoisotopic (exact) mass is 261 g/mol. The quantitative estimate of drug-likeness (QED) is 0.825. The van der Waals surface area contributed by atoms with Gasteiger partial charge in [0.05, 0.1) is 0 Å². The van der Waals surface area contributed by atoms with Crippen molar-refractivity contribution in [1.29, 1.82) is 0 Å². The lowest BCUT2D eigenvalue weighted by Crippen LogP contribution is -2.37. The summed E-state index contributed by atoms with van der Waals surface area (Å²) in [6, 6.07) is 11.2. The summed E-state index contributed by atoms with van der Waals surface area (Å²) >= 11 is 0. The second-order valence-corrected chi connectivity index (χ2v) is 5.99. The van der Waals surface area contributed by atoms with Crippen molar-refractivity contribution in [2.45, 2.75) is 45.1 Å². The maximum Gasteiger partial charge on any atom is 0.0462 e. The van der Waals surface area contributed by atoms with Crippen LogP contribution in [0.2, 0.25) is 0 Å². The smallest absolute Gasteiger partial charge is 0.0462 e. The van der Waals surface area contributed by atoms with Crippen LogP contribution in [-0.2, 0) is 6.42 Å². The van der Waals surface area contributed by atoms with Gasteiger partial charge in [-0.05, 0) is 50.1 Å². The minimum absolute atomic E-state index is 0.361. The van der Waals surface area contributed by atoms with Crippen LogP contribution in [0.15, 0.2) is 30.3 Å². The Morgan fingerprint density at radius 2 is 1.84 bits per heavy atom. The van der Waals surface area contributed by atoms with Crippen molar-refractivity contribution in [1.82, 2.24) is 5.32 Å². The third-order valence-electron chi connectivity index (χ3n) is 4.41. The van der Waals surface area contributed by atoms with Gasteiger partial charge >= 0.3 is 0 Å². The Kier molecular flexibility index (Phi) is 5.87. The molecule has 1 aromatic rings. The molecule has 0 amide bonds. The SMILES string of the molecule is CC(Cc1ccccc1)NCC1CCCCC1CO. The number of aliphatic hydroxyl groups is 1. The number of nitrogens with one attached hydrogen (secondary N) is 1. The molecule has 0 spiro atoms. The molecule has 0 heterocycles. The third-order valence-corrected chi connectivity index (χ3v) is 4.41. The van der Waals surface area contributed by atoms with Gasteiger partial charge in [-0.2, -0.15) is 0 Å². The van der Waals surface area contributed by atoms with Crippen molar-refractivity contribution < 1.29 is 5.11 Å². The summed E-state index contributed by atoms with van der Waals surface area (Å²) < 4.78 is 0. The summed E-state index contributed by atoms with van der Waals surface area (Å²) in [6.07, 6.45) is 6.18. The first kappa shape index (κ1) is 14.5. The fraction of sp³-hybridized carbons (Fsp3) is 0.647. The van der Waals surface area contributed by atoms with Crippen LogP contribution >= 0.6 is 0 Å². The molecule has 0 saturated heterocycles. The molecule has 0 bridgehead atoms. The molecular weight excluding hydrogens is 234 g/mol. The Hall–Kier alpha value is -0.860. The molecule has 0 radical (unpaired) electrons. The second kappa shape index (κ2) is 7.66. The molecular formula is C17H27NO. The number of hydrogen-bond acceptors (Lipinski definition) is 2.